The van der Waals surface area contributed by atoms with E-state index in [1.807, 2.05) is 12.4 Å². The smallest absolute Gasteiger partial charge is 0.0271 e. The van der Waals surface area contributed by atoms with E-state index in [0.717, 1.165) is 13.1 Å². The number of rotatable bonds is 9. The molecule has 1 heterocycles. The van der Waals surface area contributed by atoms with Crippen molar-refractivity contribution in [2.24, 2.45) is 5.92 Å². The lowest BCUT2D eigenvalue weighted by molar-refractivity contribution is 0.557. The molecule has 1 aliphatic carbocycles. The van der Waals surface area contributed by atoms with Gasteiger partial charge in [0.15, 0.2) is 0 Å². The van der Waals surface area contributed by atoms with E-state index in [1.54, 1.807) is 0 Å². The lowest BCUT2D eigenvalue weighted by Gasteiger charge is -2.06. The Bertz CT molecular complexity index is 383. The number of unbranched alkanes of at least 4 members (excludes halogenated alkanes) is 3. The van der Waals surface area contributed by atoms with E-state index < -0.39 is 0 Å². The summed E-state index contributed by atoms with van der Waals surface area (Å²) in [4.78, 5) is 4.02. The maximum atomic E-state index is 4.02. The molecule has 0 saturated carbocycles. The first-order valence-corrected chi connectivity index (χ1v) is 7.40. The van der Waals surface area contributed by atoms with Crippen LogP contribution >= 0.6 is 0 Å². The van der Waals surface area contributed by atoms with Crippen molar-refractivity contribution < 1.29 is 0 Å². The van der Waals surface area contributed by atoms with Crippen molar-refractivity contribution in [1.82, 2.24) is 10.3 Å². The number of aromatic nitrogens is 1. The third-order valence-electron chi connectivity index (χ3n) is 3.55. The molecule has 0 aromatic carbocycles. The Morgan fingerprint density at radius 2 is 1.68 bits per heavy atom. The third kappa shape index (κ3) is 5.84. The van der Waals surface area contributed by atoms with Gasteiger partial charge in [-0.05, 0) is 43.0 Å². The Morgan fingerprint density at radius 1 is 0.947 bits per heavy atom. The molecule has 1 aliphatic rings. The Hall–Kier alpha value is -1.41. The van der Waals surface area contributed by atoms with Crippen molar-refractivity contribution in [1.29, 1.82) is 0 Å². The highest BCUT2D eigenvalue weighted by Crippen LogP contribution is 2.17. The summed E-state index contributed by atoms with van der Waals surface area (Å²) in [6.45, 7) is 2.08. The standard InChI is InChI=1S/C17H24N2/c1(3-7-16-8-4-5-9-16)2-6-12-19-15-17-10-13-18-14-11-17/h4-5,8-11,13-14,16,19H,1-3,6-7,12,15H2. The summed E-state index contributed by atoms with van der Waals surface area (Å²) in [6.07, 6.45) is 19.3. The van der Waals surface area contributed by atoms with Crippen LogP contribution in [0.15, 0.2) is 48.8 Å². The summed E-state index contributed by atoms with van der Waals surface area (Å²) in [5.74, 6) is 0.713. The molecule has 0 atom stereocenters. The molecule has 102 valence electrons. The molecule has 19 heavy (non-hydrogen) atoms. The number of nitrogens with zero attached hydrogens (tertiary/aromatic N) is 1. The minimum atomic E-state index is 0.713. The van der Waals surface area contributed by atoms with E-state index >= 15 is 0 Å². The van der Waals surface area contributed by atoms with Crippen molar-refractivity contribution in [2.75, 3.05) is 6.54 Å². The molecule has 2 rings (SSSR count). The first kappa shape index (κ1) is 14.0. The van der Waals surface area contributed by atoms with Crippen molar-refractivity contribution in [3.8, 4) is 0 Å². The fraction of sp³-hybridized carbons (Fsp3) is 0.471. The predicted molar refractivity (Wildman–Crippen MR) is 80.8 cm³/mol. The maximum absolute atomic E-state index is 4.02. The summed E-state index contributed by atoms with van der Waals surface area (Å²) < 4.78 is 0. The second-order valence-electron chi connectivity index (χ2n) is 5.17. The van der Waals surface area contributed by atoms with E-state index in [0.29, 0.717) is 5.92 Å². The number of nitrogens with one attached hydrogen (secondary N) is 1. The number of pyridine rings is 1. The number of hydrogen-bond acceptors (Lipinski definition) is 2. The normalized spacial score (nSPS) is 14.3. The van der Waals surface area contributed by atoms with Crippen LogP contribution in [0.2, 0.25) is 0 Å². The van der Waals surface area contributed by atoms with Gasteiger partial charge < -0.3 is 5.32 Å². The molecule has 0 spiro atoms. The van der Waals surface area contributed by atoms with Crippen LogP contribution in [0.25, 0.3) is 0 Å². The van der Waals surface area contributed by atoms with Crippen LogP contribution in [0.1, 0.15) is 37.7 Å². The second-order valence-corrected chi connectivity index (χ2v) is 5.17. The first-order valence-electron chi connectivity index (χ1n) is 7.40. The van der Waals surface area contributed by atoms with E-state index in [9.17, 15) is 0 Å². The van der Waals surface area contributed by atoms with Gasteiger partial charge in [-0.15, -0.1) is 0 Å². The lowest BCUT2D eigenvalue weighted by atomic mass is 10.0. The zero-order valence-corrected chi connectivity index (χ0v) is 11.6. The molecule has 2 nitrogen and oxygen atoms in total. The van der Waals surface area contributed by atoms with Crippen LogP contribution in [-0.4, -0.2) is 11.5 Å². The van der Waals surface area contributed by atoms with Crippen LogP contribution in [0, 0.1) is 5.92 Å². The number of hydrogen-bond donors (Lipinski definition) is 1. The van der Waals surface area contributed by atoms with Gasteiger partial charge in [-0.1, -0.05) is 43.6 Å². The molecule has 1 aromatic heterocycles. The summed E-state index contributed by atoms with van der Waals surface area (Å²) in [5, 5.41) is 3.48. The van der Waals surface area contributed by atoms with Crippen LogP contribution < -0.4 is 5.32 Å². The Morgan fingerprint density at radius 3 is 2.47 bits per heavy atom. The molecule has 0 amide bonds. The van der Waals surface area contributed by atoms with Gasteiger partial charge in [-0.3, -0.25) is 4.98 Å². The molecule has 0 radical (unpaired) electrons. The second kappa shape index (κ2) is 8.65. The average molecular weight is 256 g/mol. The SMILES string of the molecule is C1=CC(CCCCCCNCc2ccncc2)C=C1. The average Bonchev–Trinajstić information content (AvgIpc) is 2.96. The molecule has 0 saturated heterocycles. The van der Waals surface area contributed by atoms with Crippen LogP contribution in [-0.2, 0) is 6.54 Å². The Balaban J connectivity index is 1.40. The van der Waals surface area contributed by atoms with Crippen molar-refractivity contribution in [2.45, 2.75) is 38.6 Å². The Labute approximate surface area is 116 Å². The van der Waals surface area contributed by atoms with Gasteiger partial charge in [0.1, 0.15) is 0 Å². The quantitative estimate of drug-likeness (QED) is 0.679. The summed E-state index contributed by atoms with van der Waals surface area (Å²) in [7, 11) is 0. The van der Waals surface area contributed by atoms with Gasteiger partial charge in [0.05, 0.1) is 0 Å². The Kier molecular flexibility index (Phi) is 6.38. The van der Waals surface area contributed by atoms with Crippen molar-refractivity contribution >= 4 is 0 Å². The minimum absolute atomic E-state index is 0.713. The van der Waals surface area contributed by atoms with E-state index in [-0.39, 0.29) is 0 Å². The molecular weight excluding hydrogens is 232 g/mol. The van der Waals surface area contributed by atoms with Gasteiger partial charge >= 0.3 is 0 Å². The van der Waals surface area contributed by atoms with Gasteiger partial charge in [-0.2, -0.15) is 0 Å². The maximum Gasteiger partial charge on any atom is 0.0271 e. The van der Waals surface area contributed by atoms with Gasteiger partial charge in [0.25, 0.3) is 0 Å². The molecule has 0 fully saturated rings. The summed E-state index contributed by atoms with van der Waals surface area (Å²) in [5.41, 5.74) is 1.31. The molecule has 0 unspecified atom stereocenters. The monoisotopic (exact) mass is 256 g/mol. The van der Waals surface area contributed by atoms with Crippen molar-refractivity contribution in [3.05, 3.63) is 54.4 Å². The van der Waals surface area contributed by atoms with Crippen LogP contribution in [0.5, 0.6) is 0 Å². The molecule has 0 aliphatic heterocycles. The summed E-state index contributed by atoms with van der Waals surface area (Å²) in [6, 6.07) is 4.13. The first-order chi connectivity index (χ1) is 9.45. The zero-order valence-electron chi connectivity index (χ0n) is 11.6. The molecule has 0 bridgehead atoms. The molecule has 1 aromatic rings. The van der Waals surface area contributed by atoms with Crippen LogP contribution in [0.3, 0.4) is 0 Å². The van der Waals surface area contributed by atoms with Gasteiger partial charge in [0, 0.05) is 18.9 Å². The van der Waals surface area contributed by atoms with Crippen molar-refractivity contribution in [3.63, 3.8) is 0 Å². The zero-order chi connectivity index (χ0) is 13.2. The molecule has 1 N–H and O–H groups in total. The van der Waals surface area contributed by atoms with E-state index in [4.69, 9.17) is 0 Å². The van der Waals surface area contributed by atoms with Gasteiger partial charge in [-0.25, -0.2) is 0 Å². The minimum Gasteiger partial charge on any atom is -0.313 e. The highest BCUT2D eigenvalue weighted by atomic mass is 14.8. The van der Waals surface area contributed by atoms with Gasteiger partial charge in [0.2, 0.25) is 0 Å². The van der Waals surface area contributed by atoms with E-state index in [2.05, 4.69) is 46.7 Å². The summed E-state index contributed by atoms with van der Waals surface area (Å²) >= 11 is 0. The molecular formula is C17H24N2. The largest absolute Gasteiger partial charge is 0.313 e. The highest BCUT2D eigenvalue weighted by Gasteiger charge is 2.02. The fourth-order valence-electron chi connectivity index (χ4n) is 2.39. The van der Waals surface area contributed by atoms with E-state index in [1.165, 1.54) is 37.7 Å². The number of allylic oxidation sites excluding steroid dienone is 4. The third-order valence-corrected chi connectivity index (χ3v) is 3.55. The highest BCUT2D eigenvalue weighted by molar-refractivity contribution is 5.17. The predicted octanol–water partition coefficient (Wildman–Crippen LogP) is 3.86. The van der Waals surface area contributed by atoms with Crippen LogP contribution in [0.4, 0.5) is 0 Å². The lowest BCUT2D eigenvalue weighted by Crippen LogP contribution is -2.14. The fourth-order valence-corrected chi connectivity index (χ4v) is 2.39. The topological polar surface area (TPSA) is 24.9 Å². The molecule has 2 heteroatoms.